The van der Waals surface area contributed by atoms with E-state index in [1.54, 1.807) is 0 Å². The van der Waals surface area contributed by atoms with Crippen LogP contribution >= 0.6 is 0 Å². The van der Waals surface area contributed by atoms with Crippen molar-refractivity contribution in [1.29, 1.82) is 0 Å². The van der Waals surface area contributed by atoms with Gasteiger partial charge in [0.2, 0.25) is 5.89 Å². The summed E-state index contributed by atoms with van der Waals surface area (Å²) >= 11 is 0. The van der Waals surface area contributed by atoms with Gasteiger partial charge in [-0.3, -0.25) is 4.79 Å². The number of amides is 1. The summed E-state index contributed by atoms with van der Waals surface area (Å²) in [5, 5.41) is 4.02. The maximum absolute atomic E-state index is 12.4. The van der Waals surface area contributed by atoms with E-state index in [2.05, 4.69) is 10.1 Å². The molecule has 1 amide bonds. The van der Waals surface area contributed by atoms with Crippen LogP contribution in [0.25, 0.3) is 0 Å². The first-order chi connectivity index (χ1) is 11.6. The minimum atomic E-state index is -0.00727. The zero-order valence-electron chi connectivity index (χ0n) is 14.1. The molecule has 1 aliphatic rings. The average Bonchev–Trinajstić information content (AvgIpc) is 3.11. The number of rotatable bonds is 5. The van der Waals surface area contributed by atoms with Gasteiger partial charge in [0.1, 0.15) is 5.75 Å². The highest BCUT2D eigenvalue weighted by Crippen LogP contribution is 2.26. The van der Waals surface area contributed by atoms with Crippen molar-refractivity contribution >= 4 is 5.91 Å². The molecule has 128 valence electrons. The van der Waals surface area contributed by atoms with Gasteiger partial charge in [-0.25, -0.2) is 0 Å². The van der Waals surface area contributed by atoms with Crippen molar-refractivity contribution in [3.8, 4) is 5.75 Å². The van der Waals surface area contributed by atoms with Crippen molar-refractivity contribution in [3.05, 3.63) is 42.0 Å². The van der Waals surface area contributed by atoms with Crippen LogP contribution in [0.15, 0.2) is 34.9 Å². The van der Waals surface area contributed by atoms with Gasteiger partial charge < -0.3 is 14.2 Å². The third kappa shape index (κ3) is 3.93. The van der Waals surface area contributed by atoms with Gasteiger partial charge in [-0.1, -0.05) is 37.2 Å². The Hall–Kier alpha value is -2.37. The van der Waals surface area contributed by atoms with Crippen LogP contribution in [0.3, 0.4) is 0 Å². The molecule has 1 fully saturated rings. The van der Waals surface area contributed by atoms with E-state index in [1.165, 1.54) is 0 Å². The molecule has 1 saturated heterocycles. The summed E-state index contributed by atoms with van der Waals surface area (Å²) in [6, 6.07) is 9.38. The highest BCUT2D eigenvalue weighted by molar-refractivity contribution is 5.78. The molecule has 0 bridgehead atoms. The number of aromatic nitrogens is 2. The van der Waals surface area contributed by atoms with Crippen LogP contribution in [0.1, 0.15) is 50.2 Å². The largest absolute Gasteiger partial charge is 0.484 e. The Morgan fingerprint density at radius 1 is 1.38 bits per heavy atom. The standard InChI is InChI=1S/C18H23N3O3/c1-13(2)17-19-18(24-20-17)14-7-6-10-21(11-14)16(22)12-23-15-8-4-3-5-9-15/h3-5,8-9,13-14H,6-7,10-12H2,1-2H3. The third-order valence-electron chi connectivity index (χ3n) is 4.20. The van der Waals surface area contributed by atoms with E-state index in [1.807, 2.05) is 49.1 Å². The number of piperidine rings is 1. The van der Waals surface area contributed by atoms with Crippen LogP contribution < -0.4 is 4.74 Å². The molecule has 24 heavy (non-hydrogen) atoms. The van der Waals surface area contributed by atoms with Crippen LogP contribution in [0, 0.1) is 0 Å². The summed E-state index contributed by atoms with van der Waals surface area (Å²) in [7, 11) is 0. The molecule has 2 heterocycles. The summed E-state index contributed by atoms with van der Waals surface area (Å²) in [6.07, 6.45) is 1.89. The third-order valence-corrected chi connectivity index (χ3v) is 4.20. The van der Waals surface area contributed by atoms with E-state index in [4.69, 9.17) is 9.26 Å². The zero-order valence-corrected chi connectivity index (χ0v) is 14.1. The smallest absolute Gasteiger partial charge is 0.260 e. The Morgan fingerprint density at radius 3 is 2.88 bits per heavy atom. The highest BCUT2D eigenvalue weighted by atomic mass is 16.5. The minimum Gasteiger partial charge on any atom is -0.484 e. The van der Waals surface area contributed by atoms with Gasteiger partial charge in [0.15, 0.2) is 12.4 Å². The van der Waals surface area contributed by atoms with Crippen LogP contribution in [-0.4, -0.2) is 40.6 Å². The average molecular weight is 329 g/mol. The van der Waals surface area contributed by atoms with Gasteiger partial charge in [0.05, 0.1) is 5.92 Å². The van der Waals surface area contributed by atoms with Gasteiger partial charge >= 0.3 is 0 Å². The number of ether oxygens (including phenoxy) is 1. The second-order valence-corrected chi connectivity index (χ2v) is 6.43. The topological polar surface area (TPSA) is 68.5 Å². The lowest BCUT2D eigenvalue weighted by molar-refractivity contribution is -0.134. The van der Waals surface area contributed by atoms with Crippen molar-refractivity contribution in [3.63, 3.8) is 0 Å². The lowest BCUT2D eigenvalue weighted by Gasteiger charge is -2.30. The molecule has 1 atom stereocenters. The molecule has 2 aromatic rings. The number of carbonyl (C=O) groups excluding carboxylic acids is 1. The van der Waals surface area contributed by atoms with Crippen LogP contribution in [-0.2, 0) is 4.79 Å². The SMILES string of the molecule is CC(C)c1noc(C2CCCN(C(=O)COc3ccccc3)C2)n1. The van der Waals surface area contributed by atoms with E-state index in [0.717, 1.165) is 25.2 Å². The summed E-state index contributed by atoms with van der Waals surface area (Å²) < 4.78 is 10.9. The lowest BCUT2D eigenvalue weighted by Crippen LogP contribution is -2.41. The quantitative estimate of drug-likeness (QED) is 0.843. The van der Waals surface area contributed by atoms with E-state index in [-0.39, 0.29) is 24.3 Å². The second-order valence-electron chi connectivity index (χ2n) is 6.43. The van der Waals surface area contributed by atoms with Crippen LogP contribution in [0.2, 0.25) is 0 Å². The van der Waals surface area contributed by atoms with Crippen molar-refractivity contribution < 1.29 is 14.1 Å². The second kappa shape index (κ2) is 7.47. The Morgan fingerprint density at radius 2 is 2.17 bits per heavy atom. The fraction of sp³-hybridized carbons (Fsp3) is 0.500. The molecule has 1 aromatic carbocycles. The molecule has 0 radical (unpaired) electrons. The van der Waals surface area contributed by atoms with Crippen molar-refractivity contribution in [1.82, 2.24) is 15.0 Å². The predicted molar refractivity (Wildman–Crippen MR) is 88.9 cm³/mol. The minimum absolute atomic E-state index is 0.00727. The van der Waals surface area contributed by atoms with Gasteiger partial charge in [0, 0.05) is 19.0 Å². The fourth-order valence-corrected chi connectivity index (χ4v) is 2.81. The first kappa shape index (κ1) is 16.5. The van der Waals surface area contributed by atoms with E-state index < -0.39 is 0 Å². The number of carbonyl (C=O) groups is 1. The number of benzene rings is 1. The normalized spacial score (nSPS) is 18.0. The summed E-state index contributed by atoms with van der Waals surface area (Å²) in [5.74, 6) is 2.41. The molecule has 1 aromatic heterocycles. The monoisotopic (exact) mass is 329 g/mol. The Kier molecular flexibility index (Phi) is 5.13. The van der Waals surface area contributed by atoms with Gasteiger partial charge in [0.25, 0.3) is 5.91 Å². The number of para-hydroxylation sites is 1. The van der Waals surface area contributed by atoms with Gasteiger partial charge in [-0.2, -0.15) is 4.98 Å². The molecule has 3 rings (SSSR count). The number of likely N-dealkylation sites (tertiary alicyclic amines) is 1. The van der Waals surface area contributed by atoms with E-state index in [0.29, 0.717) is 18.2 Å². The first-order valence-electron chi connectivity index (χ1n) is 8.42. The fourth-order valence-electron chi connectivity index (χ4n) is 2.81. The molecule has 1 unspecified atom stereocenters. The molecular weight excluding hydrogens is 306 g/mol. The predicted octanol–water partition coefficient (Wildman–Crippen LogP) is 2.98. The molecule has 0 saturated carbocycles. The van der Waals surface area contributed by atoms with Crippen LogP contribution in [0.4, 0.5) is 0 Å². The van der Waals surface area contributed by atoms with Gasteiger partial charge in [-0.15, -0.1) is 0 Å². The van der Waals surface area contributed by atoms with Crippen LogP contribution in [0.5, 0.6) is 5.75 Å². The lowest BCUT2D eigenvalue weighted by atomic mass is 9.98. The molecule has 6 nitrogen and oxygen atoms in total. The summed E-state index contributed by atoms with van der Waals surface area (Å²) in [5.41, 5.74) is 0. The molecule has 1 aliphatic heterocycles. The number of hydrogen-bond donors (Lipinski definition) is 0. The summed E-state index contributed by atoms with van der Waals surface area (Å²) in [4.78, 5) is 18.7. The van der Waals surface area contributed by atoms with Crippen molar-refractivity contribution in [2.24, 2.45) is 0 Å². The number of nitrogens with zero attached hydrogens (tertiary/aromatic N) is 3. The van der Waals surface area contributed by atoms with Crippen molar-refractivity contribution in [2.75, 3.05) is 19.7 Å². The summed E-state index contributed by atoms with van der Waals surface area (Å²) in [6.45, 7) is 5.48. The van der Waals surface area contributed by atoms with Crippen molar-refractivity contribution in [2.45, 2.75) is 38.5 Å². The maximum atomic E-state index is 12.4. The molecule has 0 aliphatic carbocycles. The highest BCUT2D eigenvalue weighted by Gasteiger charge is 2.29. The number of hydrogen-bond acceptors (Lipinski definition) is 5. The molecule has 0 spiro atoms. The molecule has 0 N–H and O–H groups in total. The molecular formula is C18H23N3O3. The van der Waals surface area contributed by atoms with Gasteiger partial charge in [-0.05, 0) is 25.0 Å². The maximum Gasteiger partial charge on any atom is 0.260 e. The van der Waals surface area contributed by atoms with E-state index in [9.17, 15) is 4.79 Å². The Bertz CT molecular complexity index is 669. The first-order valence-corrected chi connectivity index (χ1v) is 8.42. The molecule has 6 heteroatoms. The Balaban J connectivity index is 1.57. The Labute approximate surface area is 141 Å². The van der Waals surface area contributed by atoms with E-state index >= 15 is 0 Å². The zero-order chi connectivity index (χ0) is 16.9.